The molecular formula is C28H41N3O4S. The molecule has 2 fully saturated rings. The highest BCUT2D eigenvalue weighted by atomic mass is 32.2. The van der Waals surface area contributed by atoms with Gasteiger partial charge in [0.25, 0.3) is 0 Å². The molecule has 2 aliphatic rings. The Bertz CT molecular complexity index is 984. The number of benzene rings is 1. The topological polar surface area (TPSA) is 83.9 Å². The van der Waals surface area contributed by atoms with Gasteiger partial charge in [-0.2, -0.15) is 17.2 Å². The lowest BCUT2D eigenvalue weighted by Gasteiger charge is -2.39. The highest BCUT2D eigenvalue weighted by Crippen LogP contribution is 2.35. The standard InChI is InChI=1S/C28H41N3O4S/c1-34-22-8-10-26-25(18-22)24(11-13-29-26)27(30-35-2)9-7-20-12-14-31(19-21(20)17-28(32)33)15-16-36-23-5-3-4-6-23/h8,10-11,13,18,20-21,23,27,30H,3-7,9,12,14-17,19H2,1-2H3,(H,32,33)/t20-,21+,27+/m1/s1. The van der Waals surface area contributed by atoms with Gasteiger partial charge in [0.2, 0.25) is 0 Å². The van der Waals surface area contributed by atoms with Gasteiger partial charge in [-0.3, -0.25) is 9.78 Å². The fourth-order valence-corrected chi connectivity index (χ4v) is 7.34. The number of hydrogen-bond acceptors (Lipinski definition) is 7. The third kappa shape index (κ3) is 7.34. The van der Waals surface area contributed by atoms with Crippen molar-refractivity contribution in [2.45, 2.75) is 62.7 Å². The molecule has 1 saturated heterocycles. The summed E-state index contributed by atoms with van der Waals surface area (Å²) in [7, 11) is 3.32. The van der Waals surface area contributed by atoms with Crippen molar-refractivity contribution in [3.8, 4) is 5.75 Å². The first-order valence-electron chi connectivity index (χ1n) is 13.3. The highest BCUT2D eigenvalue weighted by Gasteiger charge is 2.31. The summed E-state index contributed by atoms with van der Waals surface area (Å²) >= 11 is 2.12. The van der Waals surface area contributed by atoms with Crippen molar-refractivity contribution in [2.75, 3.05) is 39.6 Å². The Kier molecular flexibility index (Phi) is 10.3. The van der Waals surface area contributed by atoms with Gasteiger partial charge in [-0.1, -0.05) is 12.8 Å². The van der Waals surface area contributed by atoms with Crippen LogP contribution in [0, 0.1) is 11.8 Å². The van der Waals surface area contributed by atoms with E-state index in [1.54, 1.807) is 14.2 Å². The number of pyridine rings is 1. The van der Waals surface area contributed by atoms with Crippen molar-refractivity contribution in [1.82, 2.24) is 15.4 Å². The van der Waals surface area contributed by atoms with Crippen LogP contribution in [0.1, 0.15) is 63.0 Å². The first-order chi connectivity index (χ1) is 17.6. The number of hydroxylamine groups is 1. The first kappa shape index (κ1) is 27.2. The minimum Gasteiger partial charge on any atom is -0.497 e. The SMILES string of the molecule is CON[C@@H](CC[C@@H]1CCN(CCSC2CCCC2)C[C@@H]1CC(=O)O)c1ccnc2ccc(OC)cc12. The van der Waals surface area contributed by atoms with E-state index >= 15 is 0 Å². The van der Waals surface area contributed by atoms with Gasteiger partial charge in [-0.25, -0.2) is 0 Å². The van der Waals surface area contributed by atoms with Crippen molar-refractivity contribution in [2.24, 2.45) is 11.8 Å². The normalized spacial score (nSPS) is 22.2. The van der Waals surface area contributed by atoms with Crippen molar-refractivity contribution in [3.05, 3.63) is 36.0 Å². The van der Waals surface area contributed by atoms with Crippen LogP contribution in [0.3, 0.4) is 0 Å². The average Bonchev–Trinajstić information content (AvgIpc) is 3.40. The van der Waals surface area contributed by atoms with Crippen molar-refractivity contribution >= 4 is 28.6 Å². The zero-order valence-corrected chi connectivity index (χ0v) is 22.5. The summed E-state index contributed by atoms with van der Waals surface area (Å²) in [6.45, 7) is 3.02. The molecule has 0 radical (unpaired) electrons. The largest absolute Gasteiger partial charge is 0.497 e. The van der Waals surface area contributed by atoms with Gasteiger partial charge in [-0.15, -0.1) is 0 Å². The summed E-state index contributed by atoms with van der Waals surface area (Å²) in [5.41, 5.74) is 5.23. The second kappa shape index (κ2) is 13.6. The maximum Gasteiger partial charge on any atom is 0.303 e. The number of ether oxygens (including phenoxy) is 1. The second-order valence-electron chi connectivity index (χ2n) is 10.2. The number of carboxylic acid groups (broad SMARTS) is 1. The van der Waals surface area contributed by atoms with Crippen LogP contribution >= 0.6 is 11.8 Å². The van der Waals surface area contributed by atoms with E-state index in [1.807, 2.05) is 30.5 Å². The highest BCUT2D eigenvalue weighted by molar-refractivity contribution is 7.99. The molecule has 198 valence electrons. The molecule has 1 saturated carbocycles. The molecule has 8 heteroatoms. The molecule has 2 aromatic rings. The number of hydrogen-bond donors (Lipinski definition) is 2. The molecule has 2 N–H and O–H groups in total. The average molecular weight is 516 g/mol. The number of piperidine rings is 1. The van der Waals surface area contributed by atoms with Gasteiger partial charge in [-0.05, 0) is 80.3 Å². The number of rotatable bonds is 13. The van der Waals surface area contributed by atoms with Crippen molar-refractivity contribution in [1.29, 1.82) is 0 Å². The van der Waals surface area contributed by atoms with Gasteiger partial charge in [0.1, 0.15) is 5.75 Å². The number of carboxylic acids is 1. The number of aliphatic carboxylic acids is 1. The van der Waals surface area contributed by atoms with E-state index in [0.717, 1.165) is 72.1 Å². The van der Waals surface area contributed by atoms with Gasteiger partial charge >= 0.3 is 5.97 Å². The van der Waals surface area contributed by atoms with Crippen LogP contribution in [0.5, 0.6) is 5.75 Å². The molecule has 0 bridgehead atoms. The Hall–Kier alpha value is -1.87. The molecule has 0 spiro atoms. The quantitative estimate of drug-likeness (QED) is 0.348. The predicted molar refractivity (Wildman–Crippen MR) is 145 cm³/mol. The fourth-order valence-electron chi connectivity index (χ4n) is 5.98. The zero-order valence-electron chi connectivity index (χ0n) is 21.7. The molecule has 0 unspecified atom stereocenters. The molecule has 1 aromatic heterocycles. The van der Waals surface area contributed by atoms with Crippen molar-refractivity contribution < 1.29 is 19.5 Å². The van der Waals surface area contributed by atoms with Gasteiger partial charge in [0, 0.05) is 42.1 Å². The molecule has 4 rings (SSSR count). The number of aromatic nitrogens is 1. The van der Waals surface area contributed by atoms with E-state index in [2.05, 4.69) is 27.1 Å². The van der Waals surface area contributed by atoms with Crippen LogP contribution in [0.25, 0.3) is 10.9 Å². The van der Waals surface area contributed by atoms with Gasteiger partial charge in [0.15, 0.2) is 0 Å². The Balaban J connectivity index is 1.39. The number of thioether (sulfide) groups is 1. The monoisotopic (exact) mass is 515 g/mol. The number of nitrogens with zero attached hydrogens (tertiary/aromatic N) is 2. The predicted octanol–water partition coefficient (Wildman–Crippen LogP) is 5.30. The zero-order chi connectivity index (χ0) is 25.3. The van der Waals surface area contributed by atoms with E-state index in [0.29, 0.717) is 5.92 Å². The molecule has 7 nitrogen and oxygen atoms in total. The van der Waals surface area contributed by atoms with Crippen LogP contribution < -0.4 is 10.2 Å². The van der Waals surface area contributed by atoms with Gasteiger partial charge < -0.3 is 19.6 Å². The maximum absolute atomic E-state index is 11.7. The summed E-state index contributed by atoms with van der Waals surface area (Å²) < 4.78 is 5.45. The summed E-state index contributed by atoms with van der Waals surface area (Å²) in [5, 5.41) is 11.5. The molecular weight excluding hydrogens is 474 g/mol. The fraction of sp³-hybridized carbons (Fsp3) is 0.643. The summed E-state index contributed by atoms with van der Waals surface area (Å²) in [6.07, 6.45) is 10.4. The Labute approximate surface area is 219 Å². The number of methoxy groups -OCH3 is 1. The van der Waals surface area contributed by atoms with Crippen LogP contribution in [0.4, 0.5) is 0 Å². The lowest BCUT2D eigenvalue weighted by molar-refractivity contribution is -0.139. The first-order valence-corrected chi connectivity index (χ1v) is 14.4. The minimum absolute atomic E-state index is 0.0149. The summed E-state index contributed by atoms with van der Waals surface area (Å²) in [4.78, 5) is 24.1. The van der Waals surface area contributed by atoms with Crippen molar-refractivity contribution in [3.63, 3.8) is 0 Å². The summed E-state index contributed by atoms with van der Waals surface area (Å²) in [6, 6.07) is 7.95. The molecule has 36 heavy (non-hydrogen) atoms. The maximum atomic E-state index is 11.7. The lowest BCUT2D eigenvalue weighted by atomic mass is 9.79. The van der Waals surface area contributed by atoms with Crippen LogP contribution in [-0.4, -0.2) is 65.8 Å². The smallest absolute Gasteiger partial charge is 0.303 e. The Morgan fingerprint density at radius 2 is 2.06 bits per heavy atom. The Morgan fingerprint density at radius 3 is 2.81 bits per heavy atom. The number of carbonyl (C=O) groups is 1. The van der Waals surface area contributed by atoms with Crippen LogP contribution in [0.2, 0.25) is 0 Å². The molecule has 1 aliphatic carbocycles. The third-order valence-corrected chi connectivity index (χ3v) is 9.28. The molecule has 1 aliphatic heterocycles. The number of fused-ring (bicyclic) bond motifs is 1. The number of nitrogens with one attached hydrogen (secondary N) is 1. The molecule has 1 aromatic carbocycles. The van der Waals surface area contributed by atoms with E-state index in [4.69, 9.17) is 9.57 Å². The molecule has 0 amide bonds. The molecule has 2 heterocycles. The number of likely N-dealkylation sites (tertiary alicyclic amines) is 1. The molecule has 3 atom stereocenters. The van der Waals surface area contributed by atoms with Crippen LogP contribution in [-0.2, 0) is 9.63 Å². The van der Waals surface area contributed by atoms with E-state index in [9.17, 15) is 9.90 Å². The third-order valence-electron chi connectivity index (χ3n) is 7.92. The van der Waals surface area contributed by atoms with E-state index in [-0.39, 0.29) is 18.4 Å². The minimum atomic E-state index is -0.689. The van der Waals surface area contributed by atoms with Crippen LogP contribution in [0.15, 0.2) is 30.5 Å². The van der Waals surface area contributed by atoms with Gasteiger partial charge in [0.05, 0.1) is 25.8 Å². The van der Waals surface area contributed by atoms with E-state index in [1.165, 1.54) is 25.7 Å². The second-order valence-corrected chi connectivity index (χ2v) is 11.6. The Morgan fingerprint density at radius 1 is 1.22 bits per heavy atom. The van der Waals surface area contributed by atoms with E-state index < -0.39 is 5.97 Å². The summed E-state index contributed by atoms with van der Waals surface area (Å²) in [5.74, 6) is 1.85. The lowest BCUT2D eigenvalue weighted by Crippen LogP contribution is -2.42.